The van der Waals surface area contributed by atoms with Crippen molar-refractivity contribution in [1.29, 1.82) is 5.26 Å². The molecule has 30 heavy (non-hydrogen) atoms. The summed E-state index contributed by atoms with van der Waals surface area (Å²) < 4.78 is 5.61. The van der Waals surface area contributed by atoms with E-state index in [1.165, 1.54) is 31.2 Å². The highest BCUT2D eigenvalue weighted by Gasteiger charge is 2.35. The van der Waals surface area contributed by atoms with Crippen molar-refractivity contribution in [3.63, 3.8) is 0 Å². The number of rotatable bonds is 5. The third-order valence-corrected chi connectivity index (χ3v) is 4.52. The number of β-amino-alcohol motifs (C(OH)–C–C–N with tert-alkyl or cyclic N) is 1. The maximum Gasteiger partial charge on any atom is 0.271 e. The molecule has 10 heteroatoms. The van der Waals surface area contributed by atoms with E-state index in [-0.39, 0.29) is 51.8 Å². The molecule has 0 saturated carbocycles. The molecule has 2 aromatic rings. The van der Waals surface area contributed by atoms with Crippen LogP contribution in [0.4, 0.5) is 5.69 Å². The summed E-state index contributed by atoms with van der Waals surface area (Å²) in [4.78, 5) is 36.1. The molecular formula is C20H15N3O7. The summed E-state index contributed by atoms with van der Waals surface area (Å²) in [5.41, 5.74) is -0.179. The number of aliphatic hydroxyl groups excluding tert-OH is 1. The third-order valence-electron chi connectivity index (χ3n) is 4.52. The van der Waals surface area contributed by atoms with Crippen molar-refractivity contribution in [1.82, 2.24) is 4.90 Å². The van der Waals surface area contributed by atoms with E-state index in [9.17, 15) is 30.1 Å². The summed E-state index contributed by atoms with van der Waals surface area (Å²) in [7, 11) is 0. The van der Waals surface area contributed by atoms with Gasteiger partial charge in [0.1, 0.15) is 28.9 Å². The first-order chi connectivity index (χ1) is 14.3. The summed E-state index contributed by atoms with van der Waals surface area (Å²) in [6.45, 7) is 0.727. The molecule has 1 aliphatic heterocycles. The van der Waals surface area contributed by atoms with Crippen LogP contribution in [0, 0.1) is 21.4 Å². The van der Waals surface area contributed by atoms with E-state index < -0.39 is 23.3 Å². The second kappa shape index (κ2) is 8.02. The lowest BCUT2D eigenvalue weighted by atomic mass is 9.95. The predicted molar refractivity (Wildman–Crippen MR) is 103 cm³/mol. The molecule has 10 nitrogen and oxygen atoms in total. The second-order valence-electron chi connectivity index (χ2n) is 6.32. The number of phenolic OH excluding ortho intramolecular Hbond substituents is 1. The number of aromatic hydroxyl groups is 1. The van der Waals surface area contributed by atoms with Crippen LogP contribution in [0.5, 0.6) is 5.75 Å². The molecule has 0 fully saturated rings. The van der Waals surface area contributed by atoms with Crippen molar-refractivity contribution in [3.05, 3.63) is 62.9 Å². The Morgan fingerprint density at radius 2 is 2.00 bits per heavy atom. The van der Waals surface area contributed by atoms with Gasteiger partial charge in [0.2, 0.25) is 0 Å². The number of aliphatic hydroxyl groups is 1. The van der Waals surface area contributed by atoms with Crippen LogP contribution in [0.25, 0.3) is 17.4 Å². The quantitative estimate of drug-likeness (QED) is 0.329. The molecule has 0 aliphatic carbocycles. The Bertz CT molecular complexity index is 1170. The van der Waals surface area contributed by atoms with Crippen molar-refractivity contribution in [2.45, 2.75) is 6.92 Å². The average Bonchev–Trinajstić information content (AvgIpc) is 3.17. The van der Waals surface area contributed by atoms with E-state index in [0.29, 0.717) is 0 Å². The van der Waals surface area contributed by atoms with Gasteiger partial charge in [-0.05, 0) is 36.8 Å². The summed E-state index contributed by atoms with van der Waals surface area (Å²) in [6.07, 6.45) is 1.32. The van der Waals surface area contributed by atoms with E-state index in [2.05, 4.69) is 0 Å². The Kier molecular flexibility index (Phi) is 5.48. The number of nitro groups is 1. The van der Waals surface area contributed by atoms with Gasteiger partial charge in [-0.3, -0.25) is 24.6 Å². The van der Waals surface area contributed by atoms with Crippen LogP contribution in [0.3, 0.4) is 0 Å². The number of benzene rings is 1. The van der Waals surface area contributed by atoms with Crippen LogP contribution < -0.4 is 0 Å². The van der Waals surface area contributed by atoms with Gasteiger partial charge in [0.15, 0.2) is 0 Å². The molecular weight excluding hydrogens is 394 g/mol. The molecule has 3 rings (SSSR count). The molecule has 1 aromatic carbocycles. The second-order valence-corrected chi connectivity index (χ2v) is 6.32. The zero-order chi connectivity index (χ0) is 22.0. The smallest absolute Gasteiger partial charge is 0.271 e. The topological polar surface area (TPSA) is 158 Å². The first kappa shape index (κ1) is 20.5. The van der Waals surface area contributed by atoms with Crippen molar-refractivity contribution in [3.8, 4) is 23.1 Å². The summed E-state index contributed by atoms with van der Waals surface area (Å²) in [6, 6.07) is 8.17. The fourth-order valence-corrected chi connectivity index (χ4v) is 2.99. The van der Waals surface area contributed by atoms with Crippen LogP contribution in [0.1, 0.15) is 12.7 Å². The minimum atomic E-state index is -0.784. The Morgan fingerprint density at radius 3 is 2.63 bits per heavy atom. The normalized spacial score (nSPS) is 15.6. The molecule has 0 bridgehead atoms. The number of imide groups is 1. The molecule has 2 N–H and O–H groups in total. The zero-order valence-corrected chi connectivity index (χ0v) is 15.7. The first-order valence-corrected chi connectivity index (χ1v) is 8.66. The van der Waals surface area contributed by atoms with Gasteiger partial charge in [-0.2, -0.15) is 5.26 Å². The summed E-state index contributed by atoms with van der Waals surface area (Å²) in [5.74, 6) is -1.43. The Balaban J connectivity index is 2.05. The third kappa shape index (κ3) is 3.57. The van der Waals surface area contributed by atoms with E-state index in [4.69, 9.17) is 9.52 Å². The number of nitro benzene ring substituents is 1. The molecule has 0 radical (unpaired) electrons. The first-order valence-electron chi connectivity index (χ1n) is 8.66. The molecule has 0 saturated heterocycles. The van der Waals surface area contributed by atoms with Crippen molar-refractivity contribution in [2.24, 2.45) is 0 Å². The number of carbonyl (C=O) groups excluding carboxylic acids is 2. The molecule has 2 heterocycles. The minimum Gasteiger partial charge on any atom is -0.507 e. The SMILES string of the molecule is CC1=C(C#N)C(=O)N(CCO)C(=O)/C1=C/c1ccc(-c2cc([N+](=O)[O-])ccc2O)o1. The van der Waals surface area contributed by atoms with E-state index in [1.807, 2.05) is 0 Å². The van der Waals surface area contributed by atoms with Gasteiger partial charge >= 0.3 is 0 Å². The molecule has 0 spiro atoms. The van der Waals surface area contributed by atoms with Crippen molar-refractivity contribution in [2.75, 3.05) is 13.2 Å². The van der Waals surface area contributed by atoms with Crippen LogP contribution in [0.2, 0.25) is 0 Å². The van der Waals surface area contributed by atoms with Crippen LogP contribution in [0.15, 0.2) is 51.5 Å². The highest BCUT2D eigenvalue weighted by atomic mass is 16.6. The van der Waals surface area contributed by atoms with Crippen molar-refractivity contribution >= 4 is 23.6 Å². The minimum absolute atomic E-state index is 0.0313. The maximum atomic E-state index is 12.7. The Labute approximate surface area is 169 Å². The number of carbonyl (C=O) groups is 2. The molecule has 1 aromatic heterocycles. The Morgan fingerprint density at radius 1 is 1.27 bits per heavy atom. The lowest BCUT2D eigenvalue weighted by Crippen LogP contribution is -2.44. The molecule has 0 unspecified atom stereocenters. The number of nitriles is 1. The van der Waals surface area contributed by atoms with E-state index in [1.54, 1.807) is 6.07 Å². The number of phenols is 1. The largest absolute Gasteiger partial charge is 0.507 e. The maximum absolute atomic E-state index is 12.7. The lowest BCUT2D eigenvalue weighted by Gasteiger charge is -2.26. The number of nitrogens with zero attached hydrogens (tertiary/aromatic N) is 3. The number of furan rings is 1. The number of hydrogen-bond donors (Lipinski definition) is 2. The van der Waals surface area contributed by atoms with Gasteiger partial charge in [0.25, 0.3) is 17.5 Å². The van der Waals surface area contributed by atoms with Gasteiger partial charge < -0.3 is 14.6 Å². The van der Waals surface area contributed by atoms with Crippen LogP contribution in [-0.4, -0.2) is 45.0 Å². The standard InChI is InChI=1S/C20H15N3O7/c1-11-14(19(26)22(6-7-24)20(27)16(11)10-21)9-13-3-5-18(30-13)15-8-12(23(28)29)2-4-17(15)25/h2-5,8-9,24-25H,6-7H2,1H3/b14-9+. The van der Waals surface area contributed by atoms with Crippen molar-refractivity contribution < 1.29 is 29.1 Å². The Hall–Kier alpha value is -4.23. The molecule has 1 aliphatic rings. The van der Waals surface area contributed by atoms with E-state index in [0.717, 1.165) is 17.0 Å². The molecule has 2 amide bonds. The monoisotopic (exact) mass is 409 g/mol. The number of hydrogen-bond acceptors (Lipinski definition) is 8. The molecule has 0 atom stereocenters. The molecule has 152 valence electrons. The van der Waals surface area contributed by atoms with Crippen LogP contribution >= 0.6 is 0 Å². The van der Waals surface area contributed by atoms with Gasteiger partial charge in [0.05, 0.1) is 23.6 Å². The van der Waals surface area contributed by atoms with Gasteiger partial charge in [-0.15, -0.1) is 0 Å². The predicted octanol–water partition coefficient (Wildman–Crippen LogP) is 2.14. The number of non-ortho nitro benzene ring substituents is 1. The van der Waals surface area contributed by atoms with Gasteiger partial charge in [0, 0.05) is 17.7 Å². The average molecular weight is 409 g/mol. The summed E-state index contributed by atoms with van der Waals surface area (Å²) >= 11 is 0. The van der Waals surface area contributed by atoms with E-state index >= 15 is 0 Å². The fourth-order valence-electron chi connectivity index (χ4n) is 2.99. The zero-order valence-electron chi connectivity index (χ0n) is 15.7. The summed E-state index contributed by atoms with van der Waals surface area (Å²) in [5, 5.41) is 39.4. The highest BCUT2D eigenvalue weighted by Crippen LogP contribution is 2.35. The van der Waals surface area contributed by atoms with Crippen LogP contribution in [-0.2, 0) is 9.59 Å². The lowest BCUT2D eigenvalue weighted by molar-refractivity contribution is -0.384. The highest BCUT2D eigenvalue weighted by molar-refractivity contribution is 6.19. The number of amides is 2. The van der Waals surface area contributed by atoms with Gasteiger partial charge in [-0.1, -0.05) is 0 Å². The van der Waals surface area contributed by atoms with Gasteiger partial charge in [-0.25, -0.2) is 0 Å². The fraction of sp³-hybridized carbons (Fsp3) is 0.150.